The highest BCUT2D eigenvalue weighted by molar-refractivity contribution is 7.89. The Morgan fingerprint density at radius 3 is 2.66 bits per heavy atom. The number of furan rings is 1. The maximum atomic E-state index is 13.5. The fourth-order valence-electron chi connectivity index (χ4n) is 4.47. The Morgan fingerprint density at radius 1 is 1.25 bits per heavy atom. The van der Waals surface area contributed by atoms with E-state index in [4.69, 9.17) is 4.42 Å². The Morgan fingerprint density at radius 2 is 1.97 bits per heavy atom. The number of carbonyl (C=O) groups is 1. The molecule has 0 unspecified atom stereocenters. The van der Waals surface area contributed by atoms with Crippen LogP contribution in [0.5, 0.6) is 0 Å². The fourth-order valence-corrected chi connectivity index (χ4v) is 5.96. The number of hydrogen-bond acceptors (Lipinski definition) is 5. The van der Waals surface area contributed by atoms with E-state index in [-0.39, 0.29) is 23.4 Å². The molecule has 2 aromatic heterocycles. The van der Waals surface area contributed by atoms with E-state index >= 15 is 0 Å². The van der Waals surface area contributed by atoms with Crippen LogP contribution in [0.1, 0.15) is 42.6 Å². The summed E-state index contributed by atoms with van der Waals surface area (Å²) in [4.78, 5) is 15.4. The summed E-state index contributed by atoms with van der Waals surface area (Å²) in [5.41, 5.74) is 2.85. The van der Waals surface area contributed by atoms with Gasteiger partial charge in [0.05, 0.1) is 24.2 Å². The van der Waals surface area contributed by atoms with Crippen LogP contribution in [0.4, 0.5) is 5.69 Å². The van der Waals surface area contributed by atoms with Gasteiger partial charge in [-0.3, -0.25) is 9.48 Å². The average Bonchev–Trinajstić information content (AvgIpc) is 3.44. The predicted molar refractivity (Wildman–Crippen MR) is 121 cm³/mol. The van der Waals surface area contributed by atoms with Crippen molar-refractivity contribution in [3.8, 4) is 0 Å². The quantitative estimate of drug-likeness (QED) is 0.567. The number of anilines is 1. The zero-order valence-electron chi connectivity index (χ0n) is 18.9. The number of carbonyl (C=O) groups excluding carboxylic acids is 1. The van der Waals surface area contributed by atoms with Crippen LogP contribution in [0, 0.1) is 13.8 Å². The van der Waals surface area contributed by atoms with Crippen LogP contribution in [-0.2, 0) is 27.8 Å². The summed E-state index contributed by atoms with van der Waals surface area (Å²) < 4.78 is 34.7. The van der Waals surface area contributed by atoms with Gasteiger partial charge in [-0.15, -0.1) is 0 Å². The molecule has 1 amide bonds. The molecule has 0 saturated heterocycles. The lowest BCUT2D eigenvalue weighted by atomic mass is 10.1. The number of aromatic nitrogens is 2. The largest absolute Gasteiger partial charge is 0.468 e. The third kappa shape index (κ3) is 3.65. The van der Waals surface area contributed by atoms with Crippen molar-refractivity contribution in [2.45, 2.75) is 57.6 Å². The van der Waals surface area contributed by atoms with Crippen molar-refractivity contribution in [3.63, 3.8) is 0 Å². The molecule has 170 valence electrons. The number of nitrogens with zero attached hydrogens (tertiary/aromatic N) is 4. The van der Waals surface area contributed by atoms with Crippen molar-refractivity contribution in [1.82, 2.24) is 14.1 Å². The van der Waals surface area contributed by atoms with E-state index in [1.165, 1.54) is 22.3 Å². The van der Waals surface area contributed by atoms with Crippen molar-refractivity contribution < 1.29 is 17.6 Å². The molecule has 4 rings (SSSR count). The molecule has 0 fully saturated rings. The molecule has 9 heteroatoms. The highest BCUT2D eigenvalue weighted by Crippen LogP contribution is 2.34. The van der Waals surface area contributed by atoms with Gasteiger partial charge in [-0.25, -0.2) is 8.42 Å². The minimum atomic E-state index is -3.83. The van der Waals surface area contributed by atoms with Gasteiger partial charge in [-0.1, -0.05) is 18.2 Å². The SMILES string of the molecule is Cc1nn([C@@H](C)C(=O)N2c3ccccc3C[C@H]2C)c(C)c1S(=O)(=O)N(C)Cc1ccco1. The molecule has 3 aromatic rings. The van der Waals surface area contributed by atoms with Gasteiger partial charge < -0.3 is 9.32 Å². The highest BCUT2D eigenvalue weighted by Gasteiger charge is 2.36. The third-order valence-corrected chi connectivity index (χ3v) is 8.11. The van der Waals surface area contributed by atoms with Crippen LogP contribution >= 0.6 is 0 Å². The molecule has 0 aliphatic carbocycles. The Bertz CT molecular complexity index is 1250. The van der Waals surface area contributed by atoms with Gasteiger partial charge >= 0.3 is 0 Å². The maximum absolute atomic E-state index is 13.5. The summed E-state index contributed by atoms with van der Waals surface area (Å²) in [7, 11) is -2.32. The maximum Gasteiger partial charge on any atom is 0.251 e. The lowest BCUT2D eigenvalue weighted by Gasteiger charge is -2.26. The first-order valence-electron chi connectivity index (χ1n) is 10.6. The normalized spacial score (nSPS) is 17.1. The Balaban J connectivity index is 1.65. The highest BCUT2D eigenvalue weighted by atomic mass is 32.2. The second kappa shape index (κ2) is 8.22. The molecule has 0 bridgehead atoms. The van der Waals surface area contributed by atoms with Crippen molar-refractivity contribution >= 4 is 21.6 Å². The zero-order chi connectivity index (χ0) is 23.2. The van der Waals surface area contributed by atoms with E-state index < -0.39 is 16.1 Å². The molecule has 1 aliphatic rings. The molecule has 2 atom stereocenters. The number of rotatable bonds is 6. The van der Waals surface area contributed by atoms with Gasteiger partial charge in [0.1, 0.15) is 16.7 Å². The van der Waals surface area contributed by atoms with Gasteiger partial charge in [0.2, 0.25) is 10.0 Å². The molecule has 8 nitrogen and oxygen atoms in total. The molecular weight excluding hydrogens is 428 g/mol. The number of aryl methyl sites for hydroxylation is 1. The topological polar surface area (TPSA) is 88.7 Å². The molecule has 0 saturated carbocycles. The van der Waals surface area contributed by atoms with Gasteiger partial charge in [0.25, 0.3) is 5.91 Å². The molecule has 0 radical (unpaired) electrons. The molecular formula is C23H28N4O4S. The predicted octanol–water partition coefficient (Wildman–Crippen LogP) is 3.45. The van der Waals surface area contributed by atoms with Crippen LogP contribution in [0.15, 0.2) is 52.0 Å². The van der Waals surface area contributed by atoms with E-state index in [0.717, 1.165) is 17.7 Å². The Hall–Kier alpha value is -2.91. The summed E-state index contributed by atoms with van der Waals surface area (Å²) in [6, 6.07) is 10.7. The average molecular weight is 457 g/mol. The summed E-state index contributed by atoms with van der Waals surface area (Å²) >= 11 is 0. The number of fused-ring (bicyclic) bond motifs is 1. The number of benzene rings is 1. The number of sulfonamides is 1. The molecule has 0 N–H and O–H groups in total. The van der Waals surface area contributed by atoms with E-state index in [0.29, 0.717) is 17.1 Å². The number of para-hydroxylation sites is 1. The second-order valence-electron chi connectivity index (χ2n) is 8.35. The lowest BCUT2D eigenvalue weighted by molar-refractivity contribution is -0.121. The Labute approximate surface area is 188 Å². The van der Waals surface area contributed by atoms with Crippen LogP contribution in [0.3, 0.4) is 0 Å². The first kappa shape index (κ1) is 22.3. The van der Waals surface area contributed by atoms with Crippen molar-refractivity contribution in [3.05, 3.63) is 65.4 Å². The molecule has 1 aromatic carbocycles. The zero-order valence-corrected chi connectivity index (χ0v) is 19.8. The van der Waals surface area contributed by atoms with Gasteiger partial charge in [-0.2, -0.15) is 9.40 Å². The van der Waals surface area contributed by atoms with Crippen molar-refractivity contribution in [1.29, 1.82) is 0 Å². The number of amides is 1. The van der Waals surface area contributed by atoms with E-state index in [1.807, 2.05) is 31.2 Å². The smallest absolute Gasteiger partial charge is 0.251 e. The molecule has 1 aliphatic heterocycles. The minimum Gasteiger partial charge on any atom is -0.468 e. The first-order valence-corrected chi connectivity index (χ1v) is 12.0. The standard InChI is InChI=1S/C23H28N4O4S/c1-15-13-19-9-6-7-11-21(19)26(15)23(28)18(4)27-17(3)22(16(2)24-27)32(29,30)25(5)14-20-10-8-12-31-20/h6-12,15,18H,13-14H2,1-5H3/t15-,18+/m1/s1. The summed E-state index contributed by atoms with van der Waals surface area (Å²) in [5.74, 6) is 0.435. The first-order chi connectivity index (χ1) is 15.1. The Kier molecular flexibility index (Phi) is 5.72. The van der Waals surface area contributed by atoms with Gasteiger partial charge in [0, 0.05) is 18.8 Å². The van der Waals surface area contributed by atoms with Crippen LogP contribution in [0.2, 0.25) is 0 Å². The number of hydrogen-bond donors (Lipinski definition) is 0. The van der Waals surface area contributed by atoms with Crippen LogP contribution in [0.25, 0.3) is 0 Å². The lowest BCUT2D eigenvalue weighted by Crippen LogP contribution is -2.40. The monoisotopic (exact) mass is 456 g/mol. The van der Waals surface area contributed by atoms with Crippen molar-refractivity contribution in [2.75, 3.05) is 11.9 Å². The van der Waals surface area contributed by atoms with Crippen LogP contribution in [-0.4, -0.2) is 41.5 Å². The van der Waals surface area contributed by atoms with E-state index in [9.17, 15) is 13.2 Å². The second-order valence-corrected chi connectivity index (χ2v) is 10.3. The van der Waals surface area contributed by atoms with Gasteiger partial charge in [-0.05, 0) is 57.9 Å². The summed E-state index contributed by atoms with van der Waals surface area (Å²) in [6.45, 7) is 7.24. The fraction of sp³-hybridized carbons (Fsp3) is 0.391. The van der Waals surface area contributed by atoms with E-state index in [2.05, 4.69) is 5.10 Å². The minimum absolute atomic E-state index is 0.0296. The van der Waals surface area contributed by atoms with Crippen molar-refractivity contribution in [2.24, 2.45) is 0 Å². The summed E-state index contributed by atoms with van der Waals surface area (Å²) in [5, 5.41) is 4.47. The molecule has 0 spiro atoms. The third-order valence-electron chi connectivity index (χ3n) is 6.05. The van der Waals surface area contributed by atoms with E-state index in [1.54, 1.807) is 37.8 Å². The van der Waals surface area contributed by atoms with Crippen LogP contribution < -0.4 is 4.90 Å². The summed E-state index contributed by atoms with van der Waals surface area (Å²) in [6.07, 6.45) is 2.30. The van der Waals surface area contributed by atoms with Gasteiger partial charge in [0.15, 0.2) is 0 Å². The molecule has 32 heavy (non-hydrogen) atoms. The molecule has 3 heterocycles.